The number of nitrogens with zero attached hydrogens (tertiary/aromatic N) is 2. The first-order valence-corrected chi connectivity index (χ1v) is 6.53. The molecule has 0 aliphatic carbocycles. The molecule has 0 saturated heterocycles. The summed E-state index contributed by atoms with van der Waals surface area (Å²) in [5.74, 6) is 0.817. The van der Waals surface area contributed by atoms with Crippen LogP contribution in [0.1, 0.15) is 17.8 Å². The Bertz CT molecular complexity index is 535. The van der Waals surface area contributed by atoms with Crippen LogP contribution in [0.2, 0.25) is 0 Å². The van der Waals surface area contributed by atoms with E-state index in [1.165, 1.54) is 29.2 Å². The van der Waals surface area contributed by atoms with Crippen molar-refractivity contribution in [3.05, 3.63) is 29.6 Å². The highest BCUT2D eigenvalue weighted by Crippen LogP contribution is 2.27. The maximum atomic E-state index is 4.30. The van der Waals surface area contributed by atoms with Crippen LogP contribution in [0.5, 0.6) is 0 Å². The second-order valence-corrected chi connectivity index (χ2v) is 4.93. The molecule has 0 amide bonds. The van der Waals surface area contributed by atoms with Crippen LogP contribution in [0, 0.1) is 6.92 Å². The van der Waals surface area contributed by atoms with Crippen LogP contribution in [0.15, 0.2) is 18.2 Å². The van der Waals surface area contributed by atoms with Gasteiger partial charge in [0.1, 0.15) is 5.82 Å². The minimum absolute atomic E-state index is 0.817. The summed E-state index contributed by atoms with van der Waals surface area (Å²) in [7, 11) is 0. The highest BCUT2D eigenvalue weighted by molar-refractivity contribution is 7.09. The van der Waals surface area contributed by atoms with Gasteiger partial charge in [0.05, 0.1) is 0 Å². The highest BCUT2D eigenvalue weighted by Gasteiger charge is 2.09. The predicted molar refractivity (Wildman–Crippen MR) is 71.2 cm³/mol. The molecule has 1 aliphatic rings. The predicted octanol–water partition coefficient (Wildman–Crippen LogP) is 2.95. The first-order valence-electron chi connectivity index (χ1n) is 5.75. The summed E-state index contributed by atoms with van der Waals surface area (Å²) in [4.78, 5) is 4.30. The van der Waals surface area contributed by atoms with E-state index in [0.717, 1.165) is 29.6 Å². The zero-order valence-electron chi connectivity index (χ0n) is 9.66. The van der Waals surface area contributed by atoms with E-state index in [2.05, 4.69) is 38.2 Å². The van der Waals surface area contributed by atoms with Crippen molar-refractivity contribution in [3.63, 3.8) is 0 Å². The number of anilines is 3. The van der Waals surface area contributed by atoms with Crippen molar-refractivity contribution in [1.29, 1.82) is 0 Å². The fourth-order valence-corrected chi connectivity index (χ4v) is 2.62. The largest absolute Gasteiger partial charge is 0.385 e. The first-order chi connectivity index (χ1) is 8.31. The van der Waals surface area contributed by atoms with E-state index in [0.29, 0.717) is 0 Å². The molecule has 2 heterocycles. The Balaban J connectivity index is 1.84. The second-order valence-electron chi connectivity index (χ2n) is 4.17. The maximum absolute atomic E-state index is 4.30. The molecule has 0 saturated carbocycles. The molecule has 0 atom stereocenters. The van der Waals surface area contributed by atoms with Crippen molar-refractivity contribution < 1.29 is 0 Å². The number of aromatic nitrogens is 2. The fourth-order valence-electron chi connectivity index (χ4n) is 2.02. The Morgan fingerprint density at radius 3 is 3.18 bits per heavy atom. The van der Waals surface area contributed by atoms with Gasteiger partial charge in [0, 0.05) is 29.5 Å². The number of benzene rings is 1. The van der Waals surface area contributed by atoms with Gasteiger partial charge >= 0.3 is 0 Å². The van der Waals surface area contributed by atoms with E-state index in [1.807, 2.05) is 6.92 Å². The quantitative estimate of drug-likeness (QED) is 0.855. The van der Waals surface area contributed by atoms with Gasteiger partial charge in [-0.05, 0) is 43.5 Å². The van der Waals surface area contributed by atoms with Gasteiger partial charge in [0.15, 0.2) is 0 Å². The molecule has 5 heteroatoms. The van der Waals surface area contributed by atoms with Crippen LogP contribution >= 0.6 is 11.5 Å². The monoisotopic (exact) mass is 246 g/mol. The van der Waals surface area contributed by atoms with E-state index in [9.17, 15) is 0 Å². The molecule has 0 radical (unpaired) electrons. The SMILES string of the molecule is Cc1nsc(Nc2ccc3c(c2)CCCN3)n1. The average Bonchev–Trinajstić information content (AvgIpc) is 2.75. The van der Waals surface area contributed by atoms with E-state index in [-0.39, 0.29) is 0 Å². The Kier molecular flexibility index (Phi) is 2.68. The minimum atomic E-state index is 0.817. The van der Waals surface area contributed by atoms with Crippen molar-refractivity contribution in [2.24, 2.45) is 0 Å². The Morgan fingerprint density at radius 2 is 2.35 bits per heavy atom. The van der Waals surface area contributed by atoms with Crippen LogP contribution in [0.4, 0.5) is 16.5 Å². The minimum Gasteiger partial charge on any atom is -0.385 e. The summed E-state index contributed by atoms with van der Waals surface area (Å²) in [6, 6.07) is 6.40. The lowest BCUT2D eigenvalue weighted by atomic mass is 10.0. The molecule has 4 nitrogen and oxygen atoms in total. The standard InChI is InChI=1S/C12H14N4S/c1-8-14-12(17-16-8)15-10-4-5-11-9(7-10)3-2-6-13-11/h4-5,7,13H,2-3,6H2,1H3,(H,14,15,16). The van der Waals surface area contributed by atoms with Gasteiger partial charge in [0.25, 0.3) is 0 Å². The van der Waals surface area contributed by atoms with Crippen molar-refractivity contribution in [2.45, 2.75) is 19.8 Å². The second kappa shape index (κ2) is 4.33. The van der Waals surface area contributed by atoms with Crippen molar-refractivity contribution in [2.75, 3.05) is 17.2 Å². The number of hydrogen-bond acceptors (Lipinski definition) is 5. The molecule has 1 aromatic carbocycles. The molecule has 1 aromatic heterocycles. The number of fused-ring (bicyclic) bond motifs is 1. The van der Waals surface area contributed by atoms with E-state index in [4.69, 9.17) is 0 Å². The topological polar surface area (TPSA) is 49.8 Å². The van der Waals surface area contributed by atoms with Gasteiger partial charge in [0.2, 0.25) is 5.13 Å². The third kappa shape index (κ3) is 2.24. The molecule has 0 fully saturated rings. The van der Waals surface area contributed by atoms with E-state index >= 15 is 0 Å². The van der Waals surface area contributed by atoms with Gasteiger partial charge in [-0.1, -0.05) is 0 Å². The normalized spacial score (nSPS) is 13.9. The van der Waals surface area contributed by atoms with Gasteiger partial charge < -0.3 is 10.6 Å². The zero-order valence-corrected chi connectivity index (χ0v) is 10.5. The van der Waals surface area contributed by atoms with Gasteiger partial charge in [-0.3, -0.25) is 0 Å². The van der Waals surface area contributed by atoms with Crippen LogP contribution in [-0.4, -0.2) is 15.9 Å². The van der Waals surface area contributed by atoms with Crippen LogP contribution in [0.25, 0.3) is 0 Å². The van der Waals surface area contributed by atoms with E-state index < -0.39 is 0 Å². The highest BCUT2D eigenvalue weighted by atomic mass is 32.1. The van der Waals surface area contributed by atoms with Crippen molar-refractivity contribution >= 4 is 28.0 Å². The van der Waals surface area contributed by atoms with Crippen molar-refractivity contribution in [3.8, 4) is 0 Å². The summed E-state index contributed by atoms with van der Waals surface area (Å²) in [5, 5.41) is 7.55. The molecular weight excluding hydrogens is 232 g/mol. The van der Waals surface area contributed by atoms with Gasteiger partial charge in [-0.2, -0.15) is 4.37 Å². The smallest absolute Gasteiger partial charge is 0.207 e. The van der Waals surface area contributed by atoms with Crippen molar-refractivity contribution in [1.82, 2.24) is 9.36 Å². The molecule has 0 bridgehead atoms. The summed E-state index contributed by atoms with van der Waals surface area (Å²) in [5.41, 5.74) is 3.72. The molecule has 17 heavy (non-hydrogen) atoms. The lowest BCUT2D eigenvalue weighted by molar-refractivity contribution is 0.830. The Hall–Kier alpha value is -1.62. The number of hydrogen-bond donors (Lipinski definition) is 2. The first kappa shape index (κ1) is 10.5. The fraction of sp³-hybridized carbons (Fsp3) is 0.333. The zero-order chi connectivity index (χ0) is 11.7. The number of aryl methyl sites for hydroxylation is 2. The summed E-state index contributed by atoms with van der Waals surface area (Å²) >= 11 is 1.39. The molecule has 2 aromatic rings. The van der Waals surface area contributed by atoms with E-state index in [1.54, 1.807) is 0 Å². The number of nitrogens with one attached hydrogen (secondary N) is 2. The summed E-state index contributed by atoms with van der Waals surface area (Å²) in [6.07, 6.45) is 2.35. The Morgan fingerprint density at radius 1 is 1.41 bits per heavy atom. The Labute approximate surface area is 104 Å². The molecule has 2 N–H and O–H groups in total. The lowest BCUT2D eigenvalue weighted by Crippen LogP contribution is -2.11. The number of rotatable bonds is 2. The summed E-state index contributed by atoms with van der Waals surface area (Å²) < 4.78 is 4.16. The van der Waals surface area contributed by atoms with Crippen LogP contribution < -0.4 is 10.6 Å². The molecule has 0 spiro atoms. The van der Waals surface area contributed by atoms with Crippen LogP contribution in [-0.2, 0) is 6.42 Å². The molecule has 88 valence electrons. The maximum Gasteiger partial charge on any atom is 0.207 e. The average molecular weight is 246 g/mol. The summed E-state index contributed by atoms with van der Waals surface area (Å²) in [6.45, 7) is 2.98. The molecular formula is C12H14N4S. The molecule has 0 unspecified atom stereocenters. The molecule has 1 aliphatic heterocycles. The third-order valence-electron chi connectivity index (χ3n) is 2.82. The lowest BCUT2D eigenvalue weighted by Gasteiger charge is -2.18. The molecule has 3 rings (SSSR count). The van der Waals surface area contributed by atoms with Gasteiger partial charge in [-0.25, -0.2) is 4.98 Å². The van der Waals surface area contributed by atoms with Gasteiger partial charge in [-0.15, -0.1) is 0 Å². The third-order valence-corrected chi connectivity index (χ3v) is 3.54. The van der Waals surface area contributed by atoms with Crippen LogP contribution in [0.3, 0.4) is 0 Å².